The summed E-state index contributed by atoms with van der Waals surface area (Å²) in [5, 5.41) is 10.3. The molecular weight excluding hydrogens is 298 g/mol. The molecule has 0 saturated heterocycles. The van der Waals surface area contributed by atoms with E-state index in [2.05, 4.69) is 24.0 Å². The van der Waals surface area contributed by atoms with Crippen LogP contribution in [0.2, 0.25) is 0 Å². The monoisotopic (exact) mass is 327 g/mol. The third-order valence-electron chi connectivity index (χ3n) is 3.52. The van der Waals surface area contributed by atoms with Gasteiger partial charge in [-0.05, 0) is 29.9 Å². The second kappa shape index (κ2) is 11.9. The zero-order valence-electron chi connectivity index (χ0n) is 14.0. The fourth-order valence-electron chi connectivity index (χ4n) is 2.20. The maximum Gasteiger partial charge on any atom is 0.0802 e. The highest BCUT2D eigenvalue weighted by Crippen LogP contribution is 2.22. The van der Waals surface area contributed by atoms with Crippen molar-refractivity contribution < 1.29 is 14.6 Å². The van der Waals surface area contributed by atoms with Gasteiger partial charge in [0.05, 0.1) is 19.3 Å². The van der Waals surface area contributed by atoms with E-state index in [0.717, 1.165) is 31.0 Å². The summed E-state index contributed by atoms with van der Waals surface area (Å²) < 4.78 is 10.3. The summed E-state index contributed by atoms with van der Waals surface area (Å²) in [7, 11) is 3.42. The SMILES string of the molecule is CCSc1ccc(C(O)CCN(CCOC)CCOC)cc1. The number of benzene rings is 1. The Balaban J connectivity index is 2.45. The van der Waals surface area contributed by atoms with Gasteiger partial charge in [0.25, 0.3) is 0 Å². The van der Waals surface area contributed by atoms with Gasteiger partial charge in [-0.1, -0.05) is 19.1 Å². The van der Waals surface area contributed by atoms with Crippen LogP contribution in [0.25, 0.3) is 0 Å². The van der Waals surface area contributed by atoms with Crippen LogP contribution in [-0.2, 0) is 9.47 Å². The third kappa shape index (κ3) is 7.61. The lowest BCUT2D eigenvalue weighted by Crippen LogP contribution is -2.32. The molecule has 1 rings (SSSR count). The number of ether oxygens (including phenoxy) is 2. The molecule has 0 radical (unpaired) electrons. The molecule has 0 heterocycles. The van der Waals surface area contributed by atoms with Gasteiger partial charge in [-0.15, -0.1) is 11.8 Å². The lowest BCUT2D eigenvalue weighted by molar-refractivity contribution is 0.0945. The summed E-state index contributed by atoms with van der Waals surface area (Å²) in [6, 6.07) is 8.22. The van der Waals surface area contributed by atoms with Crippen LogP contribution in [0.15, 0.2) is 29.2 Å². The largest absolute Gasteiger partial charge is 0.388 e. The fraction of sp³-hybridized carbons (Fsp3) is 0.647. The zero-order valence-corrected chi connectivity index (χ0v) is 14.8. The molecule has 1 N–H and O–H groups in total. The second-order valence-corrected chi connectivity index (χ2v) is 6.47. The number of thioether (sulfide) groups is 1. The van der Waals surface area contributed by atoms with Crippen molar-refractivity contribution in [2.45, 2.75) is 24.3 Å². The van der Waals surface area contributed by atoms with Crippen molar-refractivity contribution in [1.82, 2.24) is 4.90 Å². The molecule has 1 atom stereocenters. The quantitative estimate of drug-likeness (QED) is 0.598. The third-order valence-corrected chi connectivity index (χ3v) is 4.41. The number of rotatable bonds is 12. The van der Waals surface area contributed by atoms with Crippen LogP contribution in [0.1, 0.15) is 25.0 Å². The summed E-state index contributed by atoms with van der Waals surface area (Å²) in [5.74, 6) is 1.07. The van der Waals surface area contributed by atoms with Crippen molar-refractivity contribution >= 4 is 11.8 Å². The minimum atomic E-state index is -0.423. The summed E-state index contributed by atoms with van der Waals surface area (Å²) in [6.07, 6.45) is 0.293. The Labute approximate surface area is 138 Å². The molecule has 5 heteroatoms. The van der Waals surface area contributed by atoms with Crippen molar-refractivity contribution in [3.05, 3.63) is 29.8 Å². The van der Waals surface area contributed by atoms with Crippen molar-refractivity contribution in [3.8, 4) is 0 Å². The normalized spacial score (nSPS) is 12.8. The van der Waals surface area contributed by atoms with Gasteiger partial charge >= 0.3 is 0 Å². The van der Waals surface area contributed by atoms with Gasteiger partial charge in [-0.2, -0.15) is 0 Å². The van der Waals surface area contributed by atoms with Gasteiger partial charge in [-0.3, -0.25) is 4.90 Å². The molecule has 4 nitrogen and oxygen atoms in total. The minimum absolute atomic E-state index is 0.423. The molecule has 0 aliphatic carbocycles. The number of aliphatic hydroxyl groups excluding tert-OH is 1. The Morgan fingerprint density at radius 3 is 2.14 bits per heavy atom. The topological polar surface area (TPSA) is 41.9 Å². The highest BCUT2D eigenvalue weighted by molar-refractivity contribution is 7.99. The number of hydrogen-bond acceptors (Lipinski definition) is 5. The first-order valence-corrected chi connectivity index (χ1v) is 8.80. The number of methoxy groups -OCH3 is 2. The van der Waals surface area contributed by atoms with Crippen LogP contribution < -0.4 is 0 Å². The van der Waals surface area contributed by atoms with Gasteiger partial charge in [0, 0.05) is 38.7 Å². The molecule has 0 aromatic heterocycles. The first kappa shape index (κ1) is 19.5. The summed E-state index contributed by atoms with van der Waals surface area (Å²) >= 11 is 1.81. The lowest BCUT2D eigenvalue weighted by Gasteiger charge is -2.23. The molecule has 126 valence electrons. The molecule has 0 amide bonds. The summed E-state index contributed by atoms with van der Waals surface area (Å²) in [5.41, 5.74) is 0.985. The van der Waals surface area contributed by atoms with Crippen LogP contribution in [0.4, 0.5) is 0 Å². The maximum atomic E-state index is 10.3. The molecule has 22 heavy (non-hydrogen) atoms. The van der Waals surface area contributed by atoms with Crippen LogP contribution in [-0.4, -0.2) is 62.8 Å². The van der Waals surface area contributed by atoms with E-state index in [1.165, 1.54) is 4.90 Å². The van der Waals surface area contributed by atoms with Gasteiger partial charge in [0.1, 0.15) is 0 Å². The van der Waals surface area contributed by atoms with E-state index in [-0.39, 0.29) is 0 Å². The number of hydrogen-bond donors (Lipinski definition) is 1. The van der Waals surface area contributed by atoms with E-state index in [0.29, 0.717) is 19.6 Å². The van der Waals surface area contributed by atoms with Crippen LogP contribution in [0.3, 0.4) is 0 Å². The first-order valence-electron chi connectivity index (χ1n) is 7.82. The fourth-order valence-corrected chi connectivity index (χ4v) is 2.86. The molecule has 0 fully saturated rings. The van der Waals surface area contributed by atoms with Crippen LogP contribution >= 0.6 is 11.8 Å². The van der Waals surface area contributed by atoms with E-state index < -0.39 is 6.10 Å². The predicted molar refractivity (Wildman–Crippen MR) is 92.6 cm³/mol. The van der Waals surface area contributed by atoms with E-state index in [1.54, 1.807) is 14.2 Å². The lowest BCUT2D eigenvalue weighted by atomic mass is 10.1. The average molecular weight is 327 g/mol. The highest BCUT2D eigenvalue weighted by Gasteiger charge is 2.11. The Hall–Kier alpha value is -0.590. The van der Waals surface area contributed by atoms with Crippen molar-refractivity contribution in [2.24, 2.45) is 0 Å². The van der Waals surface area contributed by atoms with Crippen molar-refractivity contribution in [3.63, 3.8) is 0 Å². The molecule has 0 aliphatic heterocycles. The molecule has 0 saturated carbocycles. The van der Waals surface area contributed by atoms with E-state index in [4.69, 9.17) is 9.47 Å². The molecule has 0 aliphatic rings. The Kier molecular flexibility index (Phi) is 10.5. The van der Waals surface area contributed by atoms with Gasteiger partial charge < -0.3 is 14.6 Å². The maximum absolute atomic E-state index is 10.3. The van der Waals surface area contributed by atoms with Gasteiger partial charge in [0.2, 0.25) is 0 Å². The Bertz CT molecular complexity index is 378. The molecule has 1 aromatic rings. The Morgan fingerprint density at radius 1 is 1.05 bits per heavy atom. The number of nitrogens with zero attached hydrogens (tertiary/aromatic N) is 1. The van der Waals surface area contributed by atoms with Gasteiger partial charge in [-0.25, -0.2) is 0 Å². The van der Waals surface area contributed by atoms with Crippen LogP contribution in [0, 0.1) is 0 Å². The van der Waals surface area contributed by atoms with Crippen LogP contribution in [0.5, 0.6) is 0 Å². The van der Waals surface area contributed by atoms with E-state index in [9.17, 15) is 5.11 Å². The number of aliphatic hydroxyl groups is 1. The van der Waals surface area contributed by atoms with Crippen molar-refractivity contribution in [1.29, 1.82) is 0 Å². The first-order chi connectivity index (χ1) is 10.7. The molecular formula is C17H29NO3S. The van der Waals surface area contributed by atoms with E-state index in [1.807, 2.05) is 23.9 Å². The zero-order chi connectivity index (χ0) is 16.2. The van der Waals surface area contributed by atoms with Gasteiger partial charge in [0.15, 0.2) is 0 Å². The smallest absolute Gasteiger partial charge is 0.0802 e. The van der Waals surface area contributed by atoms with E-state index >= 15 is 0 Å². The molecule has 1 unspecified atom stereocenters. The van der Waals surface area contributed by atoms with Crippen molar-refractivity contribution in [2.75, 3.05) is 52.8 Å². The summed E-state index contributed by atoms with van der Waals surface area (Å²) in [4.78, 5) is 3.51. The molecule has 0 spiro atoms. The predicted octanol–water partition coefficient (Wildman–Crippen LogP) is 2.82. The average Bonchev–Trinajstić information content (AvgIpc) is 2.55. The Morgan fingerprint density at radius 2 is 1.64 bits per heavy atom. The standard InChI is InChI=1S/C17H29NO3S/c1-4-22-16-7-5-15(6-8-16)17(19)9-10-18(11-13-20-2)12-14-21-3/h5-8,17,19H,4,9-14H2,1-3H3. The minimum Gasteiger partial charge on any atom is -0.388 e. The summed E-state index contributed by atoms with van der Waals surface area (Å²) in [6.45, 7) is 6.09. The second-order valence-electron chi connectivity index (χ2n) is 5.13. The molecule has 1 aromatic carbocycles. The highest BCUT2D eigenvalue weighted by atomic mass is 32.2. The molecule has 0 bridgehead atoms.